The quantitative estimate of drug-likeness (QED) is 0.739. The maximum absolute atomic E-state index is 12.1. The fourth-order valence-electron chi connectivity index (χ4n) is 2.19. The van der Waals surface area contributed by atoms with Gasteiger partial charge in [0.25, 0.3) is 0 Å². The lowest BCUT2D eigenvalue weighted by Crippen LogP contribution is -2.27. The number of Topliss-reactive ketones (excluding diaryl/α,β-unsaturated/α-hetero) is 1. The Kier molecular flexibility index (Phi) is 1.98. The Bertz CT molecular complexity index is 476. The number of hydrogen-bond acceptors (Lipinski definition) is 2. The Hall–Kier alpha value is -1.16. The molecule has 1 aliphatic heterocycles. The van der Waals surface area contributed by atoms with Gasteiger partial charge in [0.05, 0.1) is 6.54 Å². The molecule has 0 atom stereocenters. The first-order chi connectivity index (χ1) is 7.63. The van der Waals surface area contributed by atoms with Gasteiger partial charge in [-0.15, -0.1) is 0 Å². The van der Waals surface area contributed by atoms with Crippen LogP contribution in [0, 0.1) is 5.41 Å². The predicted molar refractivity (Wildman–Crippen MR) is 63.2 cm³/mol. The summed E-state index contributed by atoms with van der Waals surface area (Å²) in [5.74, 6) is 0.0697. The summed E-state index contributed by atoms with van der Waals surface area (Å²) in [7, 11) is 0. The molecular formula is C12H10BrNO2. The molecule has 1 aromatic rings. The van der Waals surface area contributed by atoms with Gasteiger partial charge in [0.2, 0.25) is 5.91 Å². The Balaban J connectivity index is 1.95. The zero-order chi connectivity index (χ0) is 11.3. The molecule has 2 aliphatic rings. The number of halogens is 1. The Morgan fingerprint density at radius 3 is 2.25 bits per heavy atom. The SMILES string of the molecule is O=C1CN(c2ccc(Br)cc2)C(=O)C12CC2. The summed E-state index contributed by atoms with van der Waals surface area (Å²) < 4.78 is 0.968. The molecule has 0 bridgehead atoms. The Labute approximate surface area is 102 Å². The van der Waals surface area contributed by atoms with Gasteiger partial charge in [-0.2, -0.15) is 0 Å². The summed E-state index contributed by atoms with van der Waals surface area (Å²) in [6, 6.07) is 7.48. The lowest BCUT2D eigenvalue weighted by molar-refractivity contribution is -0.128. The number of anilines is 1. The van der Waals surface area contributed by atoms with Gasteiger partial charge < -0.3 is 4.90 Å². The normalized spacial score (nSPS) is 21.9. The van der Waals surface area contributed by atoms with E-state index in [1.165, 1.54) is 0 Å². The molecule has 0 aromatic heterocycles. The van der Waals surface area contributed by atoms with E-state index in [2.05, 4.69) is 15.9 Å². The molecule has 1 spiro atoms. The molecule has 3 nitrogen and oxygen atoms in total. The van der Waals surface area contributed by atoms with Crippen LogP contribution in [0.25, 0.3) is 0 Å². The minimum absolute atomic E-state index is 0.0141. The number of rotatable bonds is 1. The maximum Gasteiger partial charge on any atom is 0.241 e. The molecule has 1 heterocycles. The van der Waals surface area contributed by atoms with E-state index in [0.717, 1.165) is 23.0 Å². The highest BCUT2D eigenvalue weighted by Gasteiger charge is 2.62. The van der Waals surface area contributed by atoms with Crippen molar-refractivity contribution in [3.05, 3.63) is 28.7 Å². The lowest BCUT2D eigenvalue weighted by Gasteiger charge is -2.15. The molecule has 0 radical (unpaired) electrons. The van der Waals surface area contributed by atoms with Crippen molar-refractivity contribution in [1.82, 2.24) is 0 Å². The molecule has 16 heavy (non-hydrogen) atoms. The molecule has 2 fully saturated rings. The van der Waals surface area contributed by atoms with Crippen molar-refractivity contribution in [3.8, 4) is 0 Å². The third kappa shape index (κ3) is 1.26. The molecular weight excluding hydrogens is 270 g/mol. The minimum Gasteiger partial charge on any atom is -0.304 e. The predicted octanol–water partition coefficient (Wildman–Crippen LogP) is 2.15. The highest BCUT2D eigenvalue weighted by Crippen LogP contribution is 2.52. The maximum atomic E-state index is 12.1. The highest BCUT2D eigenvalue weighted by atomic mass is 79.9. The van der Waals surface area contributed by atoms with Crippen molar-refractivity contribution < 1.29 is 9.59 Å². The molecule has 3 rings (SSSR count). The van der Waals surface area contributed by atoms with Crippen molar-refractivity contribution in [2.45, 2.75) is 12.8 Å². The standard InChI is InChI=1S/C12H10BrNO2/c13-8-1-3-9(4-2-8)14-7-10(15)12(5-6-12)11(14)16/h1-4H,5-7H2. The second kappa shape index (κ2) is 3.17. The van der Waals surface area contributed by atoms with Crippen molar-refractivity contribution in [3.63, 3.8) is 0 Å². The van der Waals surface area contributed by atoms with E-state index < -0.39 is 5.41 Å². The highest BCUT2D eigenvalue weighted by molar-refractivity contribution is 9.10. The third-order valence-electron chi connectivity index (χ3n) is 3.38. The number of carbonyl (C=O) groups is 2. The van der Waals surface area contributed by atoms with Crippen LogP contribution in [0.15, 0.2) is 28.7 Å². The van der Waals surface area contributed by atoms with Gasteiger partial charge in [-0.3, -0.25) is 9.59 Å². The number of hydrogen-bond donors (Lipinski definition) is 0. The average molecular weight is 280 g/mol. The molecule has 0 N–H and O–H groups in total. The van der Waals surface area contributed by atoms with E-state index in [1.807, 2.05) is 24.3 Å². The lowest BCUT2D eigenvalue weighted by atomic mass is 10.1. The first kappa shape index (κ1) is 10.0. The van der Waals surface area contributed by atoms with Gasteiger partial charge in [0.15, 0.2) is 5.78 Å². The van der Waals surface area contributed by atoms with E-state index in [9.17, 15) is 9.59 Å². The Morgan fingerprint density at radius 2 is 1.75 bits per heavy atom. The molecule has 1 aliphatic carbocycles. The first-order valence-corrected chi connectivity index (χ1v) is 6.04. The molecule has 82 valence electrons. The van der Waals surface area contributed by atoms with Crippen LogP contribution in [0.2, 0.25) is 0 Å². The zero-order valence-corrected chi connectivity index (χ0v) is 10.2. The number of benzene rings is 1. The van der Waals surface area contributed by atoms with Gasteiger partial charge in [-0.25, -0.2) is 0 Å². The monoisotopic (exact) mass is 279 g/mol. The smallest absolute Gasteiger partial charge is 0.241 e. The van der Waals surface area contributed by atoms with Crippen LogP contribution in [0.4, 0.5) is 5.69 Å². The minimum atomic E-state index is -0.632. The van der Waals surface area contributed by atoms with Crippen LogP contribution in [-0.4, -0.2) is 18.2 Å². The number of amides is 1. The zero-order valence-electron chi connectivity index (χ0n) is 8.57. The number of ketones is 1. The van der Waals surface area contributed by atoms with Gasteiger partial charge >= 0.3 is 0 Å². The molecule has 1 saturated heterocycles. The van der Waals surface area contributed by atoms with Crippen LogP contribution < -0.4 is 4.90 Å². The van der Waals surface area contributed by atoms with E-state index in [1.54, 1.807) is 4.90 Å². The summed E-state index contributed by atoms with van der Waals surface area (Å²) in [5.41, 5.74) is 0.179. The molecule has 1 aromatic carbocycles. The van der Waals surface area contributed by atoms with Crippen LogP contribution in [-0.2, 0) is 9.59 Å². The van der Waals surface area contributed by atoms with Crippen LogP contribution in [0.1, 0.15) is 12.8 Å². The van der Waals surface area contributed by atoms with Crippen molar-refractivity contribution in [1.29, 1.82) is 0 Å². The van der Waals surface area contributed by atoms with Crippen molar-refractivity contribution in [2.75, 3.05) is 11.4 Å². The topological polar surface area (TPSA) is 37.4 Å². The van der Waals surface area contributed by atoms with Crippen LogP contribution >= 0.6 is 15.9 Å². The van der Waals surface area contributed by atoms with E-state index in [4.69, 9.17) is 0 Å². The van der Waals surface area contributed by atoms with E-state index in [0.29, 0.717) is 0 Å². The fraction of sp³-hybridized carbons (Fsp3) is 0.333. The van der Waals surface area contributed by atoms with E-state index >= 15 is 0 Å². The van der Waals surface area contributed by atoms with Gasteiger partial charge in [-0.05, 0) is 37.1 Å². The van der Waals surface area contributed by atoms with Crippen LogP contribution in [0.5, 0.6) is 0 Å². The van der Waals surface area contributed by atoms with Crippen molar-refractivity contribution in [2.24, 2.45) is 5.41 Å². The second-order valence-corrected chi connectivity index (χ2v) is 5.29. The van der Waals surface area contributed by atoms with Gasteiger partial charge in [-0.1, -0.05) is 15.9 Å². The van der Waals surface area contributed by atoms with Gasteiger partial charge in [0, 0.05) is 10.2 Å². The fourth-order valence-corrected chi connectivity index (χ4v) is 2.46. The van der Waals surface area contributed by atoms with E-state index in [-0.39, 0.29) is 18.2 Å². The summed E-state index contributed by atoms with van der Waals surface area (Å²) in [6.07, 6.45) is 1.47. The molecule has 0 unspecified atom stereocenters. The molecule has 4 heteroatoms. The second-order valence-electron chi connectivity index (χ2n) is 4.37. The largest absolute Gasteiger partial charge is 0.304 e. The first-order valence-electron chi connectivity index (χ1n) is 5.24. The number of nitrogens with zero attached hydrogens (tertiary/aromatic N) is 1. The average Bonchev–Trinajstić information content (AvgIpc) is 3.03. The third-order valence-corrected chi connectivity index (χ3v) is 3.91. The van der Waals surface area contributed by atoms with Crippen molar-refractivity contribution >= 4 is 33.3 Å². The van der Waals surface area contributed by atoms with Gasteiger partial charge in [0.1, 0.15) is 5.41 Å². The summed E-state index contributed by atoms with van der Waals surface area (Å²) in [5, 5.41) is 0. The summed E-state index contributed by atoms with van der Waals surface area (Å²) in [6.45, 7) is 0.237. The van der Waals surface area contributed by atoms with Crippen LogP contribution in [0.3, 0.4) is 0 Å². The molecule has 1 saturated carbocycles. The summed E-state index contributed by atoms with van der Waals surface area (Å²) in [4.78, 5) is 25.4. The number of carbonyl (C=O) groups excluding carboxylic acids is 2. The molecule has 1 amide bonds. The summed E-state index contributed by atoms with van der Waals surface area (Å²) >= 11 is 3.35. The Morgan fingerprint density at radius 1 is 1.12 bits per heavy atom.